The number of rotatable bonds is 3. The first kappa shape index (κ1) is 15.6. The van der Waals surface area contributed by atoms with Crippen molar-refractivity contribution in [1.29, 1.82) is 0 Å². The van der Waals surface area contributed by atoms with Crippen LogP contribution in [0.1, 0.15) is 0 Å². The van der Waals surface area contributed by atoms with E-state index in [2.05, 4.69) is 15.3 Å². The molecule has 2 aromatic carbocycles. The van der Waals surface area contributed by atoms with E-state index in [1.54, 1.807) is 12.1 Å². The summed E-state index contributed by atoms with van der Waals surface area (Å²) in [5.41, 5.74) is 1.17. The second-order valence-electron chi connectivity index (χ2n) is 4.66. The Morgan fingerprint density at radius 3 is 2.30 bits per heavy atom. The van der Waals surface area contributed by atoms with Gasteiger partial charge in [0.25, 0.3) is 0 Å². The second-order valence-corrected chi connectivity index (χ2v) is 5.45. The summed E-state index contributed by atoms with van der Waals surface area (Å²) in [6.45, 7) is 0. The molecule has 23 heavy (non-hydrogen) atoms. The number of nitrogens with zero attached hydrogens (tertiary/aromatic N) is 2. The highest BCUT2D eigenvalue weighted by atomic mass is 35.5. The average Bonchev–Trinajstić information content (AvgIpc) is 2.51. The van der Waals surface area contributed by atoms with Crippen molar-refractivity contribution in [2.45, 2.75) is 0 Å². The van der Waals surface area contributed by atoms with Crippen LogP contribution in [0.2, 0.25) is 10.2 Å². The molecule has 0 unspecified atom stereocenters. The van der Waals surface area contributed by atoms with E-state index in [1.165, 1.54) is 36.4 Å². The minimum Gasteiger partial charge on any atom is -0.340 e. The van der Waals surface area contributed by atoms with Crippen molar-refractivity contribution in [3.8, 4) is 11.4 Å². The lowest BCUT2D eigenvalue weighted by Gasteiger charge is -2.09. The Balaban J connectivity index is 1.93. The van der Waals surface area contributed by atoms with Crippen LogP contribution in [-0.4, -0.2) is 9.97 Å². The molecule has 3 rings (SSSR count). The monoisotopic (exact) mass is 351 g/mol. The minimum atomic E-state index is -0.509. The third-order valence-electron chi connectivity index (χ3n) is 2.99. The van der Waals surface area contributed by atoms with Crippen molar-refractivity contribution in [1.82, 2.24) is 9.97 Å². The summed E-state index contributed by atoms with van der Waals surface area (Å²) in [7, 11) is 0. The number of benzene rings is 2. The Morgan fingerprint density at radius 2 is 1.61 bits per heavy atom. The molecule has 0 amide bonds. The molecule has 0 saturated heterocycles. The van der Waals surface area contributed by atoms with Gasteiger partial charge in [0.15, 0.2) is 5.82 Å². The molecule has 1 aromatic heterocycles. The van der Waals surface area contributed by atoms with Crippen molar-refractivity contribution in [2.75, 3.05) is 5.32 Å². The third kappa shape index (κ3) is 3.75. The summed E-state index contributed by atoms with van der Waals surface area (Å²) in [5.74, 6) is -0.111. The summed E-state index contributed by atoms with van der Waals surface area (Å²) in [6, 6.07) is 11.5. The van der Waals surface area contributed by atoms with E-state index in [-0.39, 0.29) is 16.0 Å². The van der Waals surface area contributed by atoms with Gasteiger partial charge in [-0.1, -0.05) is 23.2 Å². The molecule has 1 N–H and O–H groups in total. The van der Waals surface area contributed by atoms with E-state index in [4.69, 9.17) is 23.2 Å². The van der Waals surface area contributed by atoms with Crippen LogP contribution in [0.15, 0.2) is 48.5 Å². The van der Waals surface area contributed by atoms with Crippen LogP contribution in [0.25, 0.3) is 11.4 Å². The largest absolute Gasteiger partial charge is 0.340 e. The molecule has 116 valence electrons. The first-order valence-electron chi connectivity index (χ1n) is 6.54. The molecule has 0 radical (unpaired) electrons. The van der Waals surface area contributed by atoms with Gasteiger partial charge in [-0.15, -0.1) is 0 Å². The predicted molar refractivity (Wildman–Crippen MR) is 87.1 cm³/mol. The molecule has 0 aliphatic heterocycles. The van der Waals surface area contributed by atoms with Crippen LogP contribution in [0.4, 0.5) is 20.3 Å². The van der Waals surface area contributed by atoms with E-state index >= 15 is 0 Å². The smallest absolute Gasteiger partial charge is 0.163 e. The van der Waals surface area contributed by atoms with Crippen molar-refractivity contribution >= 4 is 34.7 Å². The van der Waals surface area contributed by atoms with Crippen LogP contribution < -0.4 is 5.32 Å². The van der Waals surface area contributed by atoms with Gasteiger partial charge in [0.2, 0.25) is 0 Å². The van der Waals surface area contributed by atoms with Gasteiger partial charge in [-0.3, -0.25) is 0 Å². The van der Waals surface area contributed by atoms with Gasteiger partial charge < -0.3 is 5.32 Å². The lowest BCUT2D eigenvalue weighted by atomic mass is 10.2. The fourth-order valence-corrected chi connectivity index (χ4v) is 2.30. The van der Waals surface area contributed by atoms with E-state index < -0.39 is 5.82 Å². The molecule has 0 aliphatic carbocycles. The molecule has 0 spiro atoms. The number of hydrogen-bond acceptors (Lipinski definition) is 3. The number of nitrogens with one attached hydrogen (secondary N) is 1. The maximum atomic E-state index is 13.2. The van der Waals surface area contributed by atoms with Gasteiger partial charge in [-0.2, -0.15) is 0 Å². The first-order chi connectivity index (χ1) is 11.0. The van der Waals surface area contributed by atoms with Gasteiger partial charge in [-0.25, -0.2) is 18.7 Å². The van der Waals surface area contributed by atoms with Crippen molar-refractivity contribution in [3.05, 3.63) is 70.3 Å². The topological polar surface area (TPSA) is 37.8 Å². The molecule has 0 bridgehead atoms. The quantitative estimate of drug-likeness (QED) is 0.635. The van der Waals surface area contributed by atoms with Gasteiger partial charge in [0.05, 0.1) is 5.02 Å². The Morgan fingerprint density at radius 1 is 0.870 bits per heavy atom. The zero-order chi connectivity index (χ0) is 16.4. The summed E-state index contributed by atoms with van der Waals surface area (Å²) in [6.07, 6.45) is 0. The van der Waals surface area contributed by atoms with E-state index in [1.807, 2.05) is 0 Å². The molecule has 0 aliphatic rings. The molecule has 0 saturated carbocycles. The molecule has 1 heterocycles. The molecule has 0 atom stereocenters. The first-order valence-corrected chi connectivity index (χ1v) is 7.29. The molecule has 7 heteroatoms. The molecular formula is C16H9Cl2F2N3. The zero-order valence-electron chi connectivity index (χ0n) is 11.5. The zero-order valence-corrected chi connectivity index (χ0v) is 13.0. The second kappa shape index (κ2) is 6.48. The minimum absolute atomic E-state index is 0.00564. The molecule has 0 fully saturated rings. The fraction of sp³-hybridized carbons (Fsp3) is 0. The normalized spacial score (nSPS) is 10.6. The third-order valence-corrected chi connectivity index (χ3v) is 3.47. The maximum absolute atomic E-state index is 13.2. The lowest BCUT2D eigenvalue weighted by molar-refractivity contribution is 0.627. The standard InChI is InChI=1S/C16H9Cl2F2N3/c17-12-7-11(5-6-13(12)20)21-15-8-14(18)22-16(23-15)9-1-3-10(19)4-2-9/h1-8H,(H,21,22,23). The number of hydrogen-bond donors (Lipinski definition) is 1. The summed E-state index contributed by atoms with van der Waals surface area (Å²) in [4.78, 5) is 8.43. The molecule has 3 nitrogen and oxygen atoms in total. The van der Waals surface area contributed by atoms with E-state index in [9.17, 15) is 8.78 Å². The number of aromatic nitrogens is 2. The number of anilines is 2. The SMILES string of the molecule is Fc1ccc(-c2nc(Cl)cc(Nc3ccc(F)c(Cl)c3)n2)cc1. The van der Waals surface area contributed by atoms with Gasteiger partial charge in [-0.05, 0) is 42.5 Å². The number of halogens is 4. The lowest BCUT2D eigenvalue weighted by Crippen LogP contribution is -1.98. The van der Waals surface area contributed by atoms with Crippen LogP contribution in [0.3, 0.4) is 0 Å². The highest BCUT2D eigenvalue weighted by molar-refractivity contribution is 6.31. The van der Waals surface area contributed by atoms with Crippen LogP contribution >= 0.6 is 23.2 Å². The van der Waals surface area contributed by atoms with Crippen LogP contribution in [-0.2, 0) is 0 Å². The molecular weight excluding hydrogens is 343 g/mol. The van der Waals surface area contributed by atoms with Crippen molar-refractivity contribution < 1.29 is 8.78 Å². The highest BCUT2D eigenvalue weighted by Gasteiger charge is 2.08. The van der Waals surface area contributed by atoms with Gasteiger partial charge in [0, 0.05) is 17.3 Å². The Hall–Kier alpha value is -2.24. The Bertz CT molecular complexity index is 854. The maximum Gasteiger partial charge on any atom is 0.163 e. The fourth-order valence-electron chi connectivity index (χ4n) is 1.93. The summed E-state index contributed by atoms with van der Waals surface area (Å²) in [5, 5.41) is 3.19. The van der Waals surface area contributed by atoms with Crippen molar-refractivity contribution in [3.63, 3.8) is 0 Å². The van der Waals surface area contributed by atoms with Crippen molar-refractivity contribution in [2.24, 2.45) is 0 Å². The van der Waals surface area contributed by atoms with Crippen LogP contribution in [0, 0.1) is 11.6 Å². The average molecular weight is 352 g/mol. The predicted octanol–water partition coefficient (Wildman–Crippen LogP) is 5.47. The summed E-state index contributed by atoms with van der Waals surface area (Å²) >= 11 is 11.7. The highest BCUT2D eigenvalue weighted by Crippen LogP contribution is 2.25. The van der Waals surface area contributed by atoms with Gasteiger partial charge in [0.1, 0.15) is 22.6 Å². The van der Waals surface area contributed by atoms with E-state index in [0.29, 0.717) is 22.9 Å². The summed E-state index contributed by atoms with van der Waals surface area (Å²) < 4.78 is 26.2. The van der Waals surface area contributed by atoms with E-state index in [0.717, 1.165) is 0 Å². The van der Waals surface area contributed by atoms with Crippen LogP contribution in [0.5, 0.6) is 0 Å². The van der Waals surface area contributed by atoms with Gasteiger partial charge >= 0.3 is 0 Å². The Labute approximate surface area is 140 Å². The molecule has 3 aromatic rings. The Kier molecular flexibility index (Phi) is 4.41.